The van der Waals surface area contributed by atoms with Crippen molar-refractivity contribution in [2.45, 2.75) is 33.1 Å². The van der Waals surface area contributed by atoms with Gasteiger partial charge in [-0.15, -0.1) is 22.7 Å². The Morgan fingerprint density at radius 1 is 1.25 bits per heavy atom. The van der Waals surface area contributed by atoms with Gasteiger partial charge in [-0.1, -0.05) is 20.8 Å². The highest BCUT2D eigenvalue weighted by molar-refractivity contribution is 7.16. The zero-order chi connectivity index (χ0) is 11.9. The molecule has 0 amide bonds. The minimum atomic E-state index is 0.0402. The number of thiazole rings is 2. The van der Waals surface area contributed by atoms with Crippen LogP contribution in [0.25, 0.3) is 10.6 Å². The molecule has 0 saturated carbocycles. The molecule has 0 saturated heterocycles. The normalized spacial score (nSPS) is 12.0. The number of rotatable bonds is 1. The molecule has 0 radical (unpaired) electrons. The zero-order valence-corrected chi connectivity index (χ0v) is 11.5. The van der Waals surface area contributed by atoms with Gasteiger partial charge in [0.1, 0.15) is 0 Å². The molecule has 3 nitrogen and oxygen atoms in total. The standard InChI is InChI=1S/C11H15N3S2/c1-6-13-9(11(2,3)4)8(16-6)7-5-15-10(12)14-7/h5H,1-4H3,(H2,12,14). The molecule has 2 heterocycles. The third-order valence-electron chi connectivity index (χ3n) is 2.20. The first kappa shape index (κ1) is 11.5. The van der Waals surface area contributed by atoms with E-state index in [9.17, 15) is 0 Å². The molecule has 0 aliphatic carbocycles. The lowest BCUT2D eigenvalue weighted by Gasteiger charge is -2.16. The van der Waals surface area contributed by atoms with Crippen molar-refractivity contribution in [2.24, 2.45) is 0 Å². The summed E-state index contributed by atoms with van der Waals surface area (Å²) in [6.07, 6.45) is 0. The van der Waals surface area contributed by atoms with Gasteiger partial charge in [-0.2, -0.15) is 0 Å². The van der Waals surface area contributed by atoms with Crippen LogP contribution in [0, 0.1) is 6.92 Å². The summed E-state index contributed by atoms with van der Waals surface area (Å²) in [4.78, 5) is 10.1. The van der Waals surface area contributed by atoms with Crippen LogP contribution in [0.2, 0.25) is 0 Å². The first-order valence-electron chi connectivity index (χ1n) is 5.07. The van der Waals surface area contributed by atoms with Crippen molar-refractivity contribution in [3.63, 3.8) is 0 Å². The van der Waals surface area contributed by atoms with Crippen LogP contribution in [0.5, 0.6) is 0 Å². The molecule has 0 bridgehead atoms. The maximum Gasteiger partial charge on any atom is 0.180 e. The van der Waals surface area contributed by atoms with E-state index in [0.717, 1.165) is 21.3 Å². The third-order valence-corrected chi connectivity index (χ3v) is 3.87. The summed E-state index contributed by atoms with van der Waals surface area (Å²) < 4.78 is 0. The summed E-state index contributed by atoms with van der Waals surface area (Å²) in [5.41, 5.74) is 7.78. The fraction of sp³-hybridized carbons (Fsp3) is 0.455. The molecule has 86 valence electrons. The molecule has 0 atom stereocenters. The summed E-state index contributed by atoms with van der Waals surface area (Å²) in [5, 5.41) is 3.68. The van der Waals surface area contributed by atoms with Gasteiger partial charge in [0.2, 0.25) is 0 Å². The number of anilines is 1. The van der Waals surface area contributed by atoms with Crippen LogP contribution in [-0.4, -0.2) is 9.97 Å². The maximum atomic E-state index is 5.67. The summed E-state index contributed by atoms with van der Waals surface area (Å²) in [6, 6.07) is 0. The van der Waals surface area contributed by atoms with Gasteiger partial charge in [-0.25, -0.2) is 9.97 Å². The Kier molecular flexibility index (Phi) is 2.75. The van der Waals surface area contributed by atoms with E-state index in [2.05, 4.69) is 30.7 Å². The van der Waals surface area contributed by atoms with Gasteiger partial charge in [0.15, 0.2) is 5.13 Å². The molecule has 0 unspecified atom stereocenters. The van der Waals surface area contributed by atoms with Gasteiger partial charge in [-0.05, 0) is 6.92 Å². The molecule has 2 aromatic rings. The summed E-state index contributed by atoms with van der Waals surface area (Å²) >= 11 is 3.16. The highest BCUT2D eigenvalue weighted by atomic mass is 32.1. The SMILES string of the molecule is Cc1nc(C(C)(C)C)c(-c2csc(N)n2)s1. The van der Waals surface area contributed by atoms with Crippen molar-refractivity contribution in [2.75, 3.05) is 5.73 Å². The highest BCUT2D eigenvalue weighted by Gasteiger charge is 2.24. The van der Waals surface area contributed by atoms with Crippen LogP contribution < -0.4 is 5.73 Å². The lowest BCUT2D eigenvalue weighted by atomic mass is 9.91. The van der Waals surface area contributed by atoms with E-state index >= 15 is 0 Å². The number of aromatic nitrogens is 2. The first-order chi connectivity index (χ1) is 7.38. The molecule has 2 aromatic heterocycles. The van der Waals surface area contributed by atoms with Gasteiger partial charge in [0.25, 0.3) is 0 Å². The summed E-state index contributed by atoms with van der Waals surface area (Å²) in [6.45, 7) is 8.53. The second-order valence-electron chi connectivity index (χ2n) is 4.73. The van der Waals surface area contributed by atoms with Gasteiger partial charge < -0.3 is 5.73 Å². The van der Waals surface area contributed by atoms with Crippen molar-refractivity contribution < 1.29 is 0 Å². The Bertz CT molecular complexity index is 506. The number of hydrogen-bond acceptors (Lipinski definition) is 5. The topological polar surface area (TPSA) is 51.8 Å². The van der Waals surface area contributed by atoms with Crippen molar-refractivity contribution >= 4 is 27.8 Å². The molecule has 2 N–H and O–H groups in total. The predicted octanol–water partition coefficient (Wildman–Crippen LogP) is 3.45. The molecular formula is C11H15N3S2. The Morgan fingerprint density at radius 3 is 2.44 bits per heavy atom. The molecular weight excluding hydrogens is 238 g/mol. The van der Waals surface area contributed by atoms with E-state index < -0.39 is 0 Å². The van der Waals surface area contributed by atoms with Crippen LogP contribution in [-0.2, 0) is 5.41 Å². The fourth-order valence-electron chi connectivity index (χ4n) is 1.50. The molecule has 0 fully saturated rings. The average molecular weight is 253 g/mol. The van der Waals surface area contributed by atoms with Gasteiger partial charge >= 0.3 is 0 Å². The lowest BCUT2D eigenvalue weighted by molar-refractivity contribution is 0.573. The van der Waals surface area contributed by atoms with E-state index in [4.69, 9.17) is 5.73 Å². The van der Waals surface area contributed by atoms with Gasteiger partial charge in [0.05, 0.1) is 21.3 Å². The molecule has 5 heteroatoms. The fourth-order valence-corrected chi connectivity index (χ4v) is 3.22. The molecule has 0 spiro atoms. The molecule has 0 aliphatic rings. The van der Waals surface area contributed by atoms with Crippen molar-refractivity contribution in [1.82, 2.24) is 9.97 Å². The number of nitrogens with two attached hydrogens (primary N) is 1. The van der Waals surface area contributed by atoms with E-state index in [1.807, 2.05) is 12.3 Å². The highest BCUT2D eigenvalue weighted by Crippen LogP contribution is 2.37. The van der Waals surface area contributed by atoms with Crippen LogP contribution in [0.1, 0.15) is 31.5 Å². The summed E-state index contributed by atoms with van der Waals surface area (Å²) in [7, 11) is 0. The smallest absolute Gasteiger partial charge is 0.180 e. The van der Waals surface area contributed by atoms with Crippen molar-refractivity contribution in [1.29, 1.82) is 0 Å². The van der Waals surface area contributed by atoms with Gasteiger partial charge in [0, 0.05) is 10.8 Å². The molecule has 16 heavy (non-hydrogen) atoms. The Hall–Kier alpha value is -0.940. The van der Waals surface area contributed by atoms with Crippen molar-refractivity contribution in [3.8, 4) is 10.6 Å². The van der Waals surface area contributed by atoms with E-state index in [-0.39, 0.29) is 5.41 Å². The minimum absolute atomic E-state index is 0.0402. The number of hydrogen-bond donors (Lipinski definition) is 1. The molecule has 0 aromatic carbocycles. The van der Waals surface area contributed by atoms with E-state index in [1.54, 1.807) is 11.3 Å². The number of nitrogens with zero attached hydrogens (tertiary/aromatic N) is 2. The Morgan fingerprint density at radius 2 is 1.94 bits per heavy atom. The number of nitrogen functional groups attached to an aromatic ring is 1. The maximum absolute atomic E-state index is 5.67. The zero-order valence-electron chi connectivity index (χ0n) is 9.87. The largest absolute Gasteiger partial charge is 0.375 e. The van der Waals surface area contributed by atoms with Crippen LogP contribution >= 0.6 is 22.7 Å². The Labute approximate surface area is 103 Å². The van der Waals surface area contributed by atoms with E-state index in [1.165, 1.54) is 11.3 Å². The van der Waals surface area contributed by atoms with Crippen LogP contribution in [0.3, 0.4) is 0 Å². The van der Waals surface area contributed by atoms with Crippen LogP contribution in [0.4, 0.5) is 5.13 Å². The van der Waals surface area contributed by atoms with Crippen molar-refractivity contribution in [3.05, 3.63) is 16.1 Å². The quantitative estimate of drug-likeness (QED) is 0.846. The third kappa shape index (κ3) is 2.10. The second-order valence-corrected chi connectivity index (χ2v) is 6.82. The Balaban J connectivity index is 2.57. The minimum Gasteiger partial charge on any atom is -0.375 e. The summed E-state index contributed by atoms with van der Waals surface area (Å²) in [5.74, 6) is 0. The van der Waals surface area contributed by atoms with E-state index in [0.29, 0.717) is 5.13 Å². The van der Waals surface area contributed by atoms with Crippen LogP contribution in [0.15, 0.2) is 5.38 Å². The van der Waals surface area contributed by atoms with Gasteiger partial charge in [-0.3, -0.25) is 0 Å². The predicted molar refractivity (Wildman–Crippen MR) is 71.1 cm³/mol. The average Bonchev–Trinajstić information content (AvgIpc) is 2.70. The molecule has 2 rings (SSSR count). The lowest BCUT2D eigenvalue weighted by Crippen LogP contribution is -2.13. The number of aryl methyl sites for hydroxylation is 1. The first-order valence-corrected chi connectivity index (χ1v) is 6.77. The second kappa shape index (κ2) is 3.82. The molecule has 0 aliphatic heterocycles. The monoisotopic (exact) mass is 253 g/mol.